The lowest BCUT2D eigenvalue weighted by Gasteiger charge is -2.41. The molecule has 6 nitrogen and oxygen atoms in total. The molecule has 0 spiro atoms. The first-order valence-electron chi connectivity index (χ1n) is 11.6. The van der Waals surface area contributed by atoms with E-state index in [1.54, 1.807) is 0 Å². The van der Waals surface area contributed by atoms with Crippen molar-refractivity contribution >= 4 is 23.3 Å². The topological polar surface area (TPSA) is 70.5 Å². The molecule has 2 aromatic rings. The number of ether oxygens (including phenoxy) is 1. The Kier molecular flexibility index (Phi) is 6.34. The van der Waals surface area contributed by atoms with Gasteiger partial charge in [-0.25, -0.2) is 9.97 Å². The second-order valence-corrected chi connectivity index (χ2v) is 10.5. The fourth-order valence-corrected chi connectivity index (χ4v) is 6.00. The molecule has 2 N–H and O–H groups in total. The summed E-state index contributed by atoms with van der Waals surface area (Å²) in [6, 6.07) is 10.6. The van der Waals surface area contributed by atoms with Crippen molar-refractivity contribution in [3.8, 4) is 11.4 Å². The minimum Gasteiger partial charge on any atom is -0.396 e. The van der Waals surface area contributed by atoms with Gasteiger partial charge in [-0.05, 0) is 62.8 Å². The number of morpholine rings is 1. The number of hydrogen-bond acceptors (Lipinski definition) is 7. The van der Waals surface area contributed by atoms with E-state index >= 15 is 0 Å². The number of benzene rings is 1. The molecule has 7 heteroatoms. The SMILES string of the molecule is OCCCNc1ccc(-c2nc(N3CCOCC3)cc(C3(SC4CC4)CCC3)n2)cc1. The van der Waals surface area contributed by atoms with Gasteiger partial charge in [-0.1, -0.05) is 0 Å². The summed E-state index contributed by atoms with van der Waals surface area (Å²) in [7, 11) is 0. The summed E-state index contributed by atoms with van der Waals surface area (Å²) in [6.07, 6.45) is 7.19. The van der Waals surface area contributed by atoms with Gasteiger partial charge in [0.2, 0.25) is 0 Å². The molecule has 5 rings (SSSR count). The summed E-state index contributed by atoms with van der Waals surface area (Å²) in [5.74, 6) is 1.86. The Morgan fingerprint density at radius 1 is 1.13 bits per heavy atom. The van der Waals surface area contributed by atoms with E-state index < -0.39 is 0 Å². The predicted molar refractivity (Wildman–Crippen MR) is 127 cm³/mol. The molecular formula is C24H32N4O2S. The molecule has 0 unspecified atom stereocenters. The van der Waals surface area contributed by atoms with Crippen LogP contribution in [-0.4, -0.2) is 59.8 Å². The van der Waals surface area contributed by atoms with Gasteiger partial charge in [-0.15, -0.1) is 11.8 Å². The first kappa shape index (κ1) is 21.0. The average molecular weight is 441 g/mol. The van der Waals surface area contributed by atoms with Gasteiger partial charge in [-0.3, -0.25) is 0 Å². The molecule has 3 fully saturated rings. The van der Waals surface area contributed by atoms with Crippen molar-refractivity contribution in [1.82, 2.24) is 9.97 Å². The molecule has 1 aromatic carbocycles. The molecule has 0 amide bonds. The Morgan fingerprint density at radius 2 is 1.90 bits per heavy atom. The van der Waals surface area contributed by atoms with E-state index in [1.165, 1.54) is 37.8 Å². The van der Waals surface area contributed by atoms with Gasteiger partial charge in [0.1, 0.15) is 5.82 Å². The van der Waals surface area contributed by atoms with Crippen LogP contribution in [0.1, 0.15) is 44.2 Å². The van der Waals surface area contributed by atoms with Gasteiger partial charge < -0.3 is 20.1 Å². The predicted octanol–water partition coefficient (Wildman–Crippen LogP) is 4.05. The third-order valence-electron chi connectivity index (χ3n) is 6.40. The Morgan fingerprint density at radius 3 is 2.55 bits per heavy atom. The maximum Gasteiger partial charge on any atom is 0.161 e. The van der Waals surface area contributed by atoms with E-state index in [9.17, 15) is 0 Å². The van der Waals surface area contributed by atoms with Gasteiger partial charge in [0, 0.05) is 48.8 Å². The van der Waals surface area contributed by atoms with Gasteiger partial charge in [0.25, 0.3) is 0 Å². The molecular weight excluding hydrogens is 408 g/mol. The van der Waals surface area contributed by atoms with Crippen molar-refractivity contribution in [3.05, 3.63) is 36.0 Å². The summed E-state index contributed by atoms with van der Waals surface area (Å²) in [5, 5.41) is 13.1. The van der Waals surface area contributed by atoms with Crippen LogP contribution in [0.15, 0.2) is 30.3 Å². The standard InChI is InChI=1S/C24H32N4O2S/c29-14-2-11-25-19-5-3-18(4-6-19)23-26-21(24(9-1-10-24)31-20-7-8-20)17-22(27-23)28-12-15-30-16-13-28/h3-6,17,20,25,29H,1-2,7-16H2. The molecule has 1 aliphatic heterocycles. The number of aliphatic hydroxyl groups is 1. The number of thioether (sulfide) groups is 1. The van der Waals surface area contributed by atoms with Crippen molar-refractivity contribution in [1.29, 1.82) is 0 Å². The number of anilines is 2. The molecule has 0 bridgehead atoms. The lowest BCUT2D eigenvalue weighted by atomic mass is 9.81. The van der Waals surface area contributed by atoms with Crippen LogP contribution in [0, 0.1) is 0 Å². The quantitative estimate of drug-likeness (QED) is 0.570. The number of nitrogens with one attached hydrogen (secondary N) is 1. The summed E-state index contributed by atoms with van der Waals surface area (Å²) >= 11 is 2.16. The highest BCUT2D eigenvalue weighted by Gasteiger charge is 2.45. The number of rotatable bonds is 9. The zero-order valence-electron chi connectivity index (χ0n) is 18.1. The third kappa shape index (κ3) is 4.83. The zero-order chi connectivity index (χ0) is 21.1. The van der Waals surface area contributed by atoms with Crippen molar-refractivity contribution < 1.29 is 9.84 Å². The van der Waals surface area contributed by atoms with Crippen LogP contribution in [0.4, 0.5) is 11.5 Å². The van der Waals surface area contributed by atoms with E-state index in [2.05, 4.69) is 52.3 Å². The van der Waals surface area contributed by atoms with Crippen molar-refractivity contribution in [2.75, 3.05) is 49.7 Å². The maximum absolute atomic E-state index is 8.98. The number of hydrogen-bond donors (Lipinski definition) is 2. The fraction of sp³-hybridized carbons (Fsp3) is 0.583. The van der Waals surface area contributed by atoms with E-state index in [0.717, 1.165) is 67.4 Å². The van der Waals surface area contributed by atoms with E-state index in [4.69, 9.17) is 19.8 Å². The highest BCUT2D eigenvalue weighted by molar-refractivity contribution is 8.01. The van der Waals surface area contributed by atoms with Crippen LogP contribution in [0.3, 0.4) is 0 Å². The van der Waals surface area contributed by atoms with Crippen LogP contribution in [0.25, 0.3) is 11.4 Å². The Hall–Kier alpha value is -1.83. The molecule has 2 aliphatic carbocycles. The molecule has 1 aromatic heterocycles. The second-order valence-electron chi connectivity index (χ2n) is 8.78. The van der Waals surface area contributed by atoms with E-state index in [1.807, 2.05) is 0 Å². The molecule has 1 saturated heterocycles. The average Bonchev–Trinajstić information content (AvgIpc) is 3.61. The Bertz CT molecular complexity index is 878. The largest absolute Gasteiger partial charge is 0.396 e. The molecule has 2 saturated carbocycles. The summed E-state index contributed by atoms with van der Waals surface area (Å²) in [6.45, 7) is 4.25. The van der Waals surface area contributed by atoms with Crippen LogP contribution in [-0.2, 0) is 9.48 Å². The number of nitrogens with zero attached hydrogens (tertiary/aromatic N) is 3. The van der Waals surface area contributed by atoms with Crippen LogP contribution in [0.5, 0.6) is 0 Å². The maximum atomic E-state index is 8.98. The fourth-order valence-electron chi connectivity index (χ4n) is 4.24. The number of aliphatic hydroxyl groups excluding tert-OH is 1. The lowest BCUT2D eigenvalue weighted by molar-refractivity contribution is 0.122. The molecule has 0 atom stereocenters. The van der Waals surface area contributed by atoms with Crippen LogP contribution < -0.4 is 10.2 Å². The zero-order valence-corrected chi connectivity index (χ0v) is 18.9. The highest BCUT2D eigenvalue weighted by Crippen LogP contribution is 2.57. The van der Waals surface area contributed by atoms with Gasteiger partial charge >= 0.3 is 0 Å². The first-order valence-corrected chi connectivity index (χ1v) is 12.5. The normalized spacial score (nSPS) is 20.4. The minimum atomic E-state index is 0.172. The molecule has 3 aliphatic rings. The summed E-state index contributed by atoms with van der Waals surface area (Å²) in [4.78, 5) is 12.5. The van der Waals surface area contributed by atoms with E-state index in [0.29, 0.717) is 0 Å². The summed E-state index contributed by atoms with van der Waals surface area (Å²) < 4.78 is 5.74. The Balaban J connectivity index is 1.45. The number of aromatic nitrogens is 2. The van der Waals surface area contributed by atoms with Gasteiger partial charge in [0.15, 0.2) is 5.82 Å². The van der Waals surface area contributed by atoms with E-state index in [-0.39, 0.29) is 11.4 Å². The lowest BCUT2D eigenvalue weighted by Crippen LogP contribution is -2.38. The highest BCUT2D eigenvalue weighted by atomic mass is 32.2. The van der Waals surface area contributed by atoms with Crippen molar-refractivity contribution in [2.24, 2.45) is 0 Å². The Labute approximate surface area is 188 Å². The van der Waals surface area contributed by atoms with Crippen molar-refractivity contribution in [2.45, 2.75) is 48.5 Å². The molecule has 0 radical (unpaired) electrons. The van der Waals surface area contributed by atoms with Gasteiger partial charge in [0.05, 0.1) is 23.7 Å². The second kappa shape index (κ2) is 9.35. The monoisotopic (exact) mass is 440 g/mol. The molecule has 166 valence electrons. The molecule has 2 heterocycles. The summed E-state index contributed by atoms with van der Waals surface area (Å²) in [5.41, 5.74) is 3.32. The van der Waals surface area contributed by atoms with Crippen LogP contribution in [0.2, 0.25) is 0 Å². The molecule has 31 heavy (non-hydrogen) atoms. The smallest absolute Gasteiger partial charge is 0.161 e. The van der Waals surface area contributed by atoms with Gasteiger partial charge in [-0.2, -0.15) is 0 Å². The minimum absolute atomic E-state index is 0.172. The van der Waals surface area contributed by atoms with Crippen LogP contribution >= 0.6 is 11.8 Å². The third-order valence-corrected chi connectivity index (χ3v) is 8.27. The van der Waals surface area contributed by atoms with Crippen molar-refractivity contribution in [3.63, 3.8) is 0 Å². The first-order chi connectivity index (χ1) is 15.3.